The van der Waals surface area contributed by atoms with Crippen LogP contribution in [0.25, 0.3) is 17.0 Å². The van der Waals surface area contributed by atoms with Gasteiger partial charge in [0.2, 0.25) is 0 Å². The molecule has 0 aliphatic rings. The van der Waals surface area contributed by atoms with Crippen LogP contribution in [0.3, 0.4) is 0 Å². The van der Waals surface area contributed by atoms with Crippen molar-refractivity contribution in [2.75, 3.05) is 41.5 Å². The van der Waals surface area contributed by atoms with E-state index >= 15 is 0 Å². The molecule has 0 saturated carbocycles. The summed E-state index contributed by atoms with van der Waals surface area (Å²) in [6.07, 6.45) is 3.13. The van der Waals surface area contributed by atoms with Gasteiger partial charge in [0.05, 0.1) is 19.7 Å². The number of benzene rings is 2. The first-order valence-corrected chi connectivity index (χ1v) is 12.7. The van der Waals surface area contributed by atoms with E-state index < -0.39 is 22.0 Å². The van der Waals surface area contributed by atoms with Crippen molar-refractivity contribution in [3.05, 3.63) is 65.5 Å². The van der Waals surface area contributed by atoms with Crippen molar-refractivity contribution in [1.82, 2.24) is 18.9 Å². The van der Waals surface area contributed by atoms with E-state index in [-0.39, 0.29) is 24.4 Å². The first-order valence-electron chi connectivity index (χ1n) is 11.3. The van der Waals surface area contributed by atoms with Crippen LogP contribution in [0.2, 0.25) is 0 Å². The number of aliphatic hydroxyl groups excluding tert-OH is 1. The van der Waals surface area contributed by atoms with Gasteiger partial charge in [-0.2, -0.15) is 12.7 Å². The van der Waals surface area contributed by atoms with Gasteiger partial charge in [-0.1, -0.05) is 18.2 Å². The molecule has 0 aliphatic heterocycles. The lowest BCUT2D eigenvalue weighted by molar-refractivity contribution is -0.117. The summed E-state index contributed by atoms with van der Waals surface area (Å²) in [6, 6.07) is 11.4. The van der Waals surface area contributed by atoms with Crippen LogP contribution in [-0.2, 0) is 15.0 Å². The van der Waals surface area contributed by atoms with Crippen LogP contribution in [0.15, 0.2) is 54.4 Å². The molecule has 11 nitrogen and oxygen atoms in total. The van der Waals surface area contributed by atoms with Gasteiger partial charge in [0, 0.05) is 50.0 Å². The standard InChI is InChI=1S/C25H30N4O7S/c1-28(2)37(33,34)29-16-18(19-8-5-6-9-21(19)29)14-20(25(32)26-12-7-13-30)27-24(31)17-10-11-22(35-3)23(15-17)36-4/h5-6,8-11,14-16,30H,7,12-13H2,1-4H3,(H,26,32)(H,27,31). The van der Waals surface area contributed by atoms with Crippen molar-refractivity contribution in [1.29, 1.82) is 0 Å². The van der Waals surface area contributed by atoms with E-state index in [2.05, 4.69) is 10.6 Å². The van der Waals surface area contributed by atoms with E-state index in [1.165, 1.54) is 52.7 Å². The van der Waals surface area contributed by atoms with Crippen molar-refractivity contribution in [2.24, 2.45) is 0 Å². The van der Waals surface area contributed by atoms with Gasteiger partial charge >= 0.3 is 10.2 Å². The third-order valence-corrected chi connectivity index (χ3v) is 7.20. The number of aromatic nitrogens is 1. The number of nitrogens with zero attached hydrogens (tertiary/aromatic N) is 2. The molecule has 2 amide bonds. The number of hydrogen-bond donors (Lipinski definition) is 3. The van der Waals surface area contributed by atoms with Crippen LogP contribution in [-0.4, -0.2) is 75.1 Å². The molecule has 0 aliphatic carbocycles. The average Bonchev–Trinajstić information content (AvgIpc) is 3.26. The average molecular weight is 531 g/mol. The summed E-state index contributed by atoms with van der Waals surface area (Å²) in [5.41, 5.74) is 0.918. The predicted octanol–water partition coefficient (Wildman–Crippen LogP) is 1.58. The number of ether oxygens (including phenoxy) is 2. The smallest absolute Gasteiger partial charge is 0.307 e. The summed E-state index contributed by atoms with van der Waals surface area (Å²) in [4.78, 5) is 26.1. The Bertz CT molecular complexity index is 1430. The van der Waals surface area contributed by atoms with Crippen molar-refractivity contribution >= 4 is 39.0 Å². The van der Waals surface area contributed by atoms with Crippen LogP contribution < -0.4 is 20.1 Å². The Labute approximate surface area is 215 Å². The molecular formula is C25H30N4O7S. The SMILES string of the molecule is COc1ccc(C(=O)NC(=Cc2cn(S(=O)(=O)N(C)C)c3ccccc23)C(=O)NCCCO)cc1OC. The molecule has 3 N–H and O–H groups in total. The summed E-state index contributed by atoms with van der Waals surface area (Å²) in [6.45, 7) is 0.0584. The minimum absolute atomic E-state index is 0.108. The number of hydrogen-bond acceptors (Lipinski definition) is 7. The van der Waals surface area contributed by atoms with Gasteiger partial charge in [-0.15, -0.1) is 0 Å². The summed E-state index contributed by atoms with van der Waals surface area (Å²) in [7, 11) is 1.90. The highest BCUT2D eigenvalue weighted by molar-refractivity contribution is 7.87. The molecule has 0 fully saturated rings. The molecule has 0 saturated heterocycles. The first-order chi connectivity index (χ1) is 17.6. The highest BCUT2D eigenvalue weighted by Gasteiger charge is 2.22. The van der Waals surface area contributed by atoms with E-state index in [0.717, 1.165) is 8.28 Å². The molecular weight excluding hydrogens is 500 g/mol. The number of amides is 2. The lowest BCUT2D eigenvalue weighted by Crippen LogP contribution is -2.35. The molecule has 0 bridgehead atoms. The second-order valence-electron chi connectivity index (χ2n) is 8.10. The third-order valence-electron chi connectivity index (χ3n) is 5.48. The van der Waals surface area contributed by atoms with E-state index in [0.29, 0.717) is 34.4 Å². The molecule has 12 heteroatoms. The summed E-state index contributed by atoms with van der Waals surface area (Å²) < 4.78 is 38.5. The number of rotatable bonds is 11. The predicted molar refractivity (Wildman–Crippen MR) is 140 cm³/mol. The van der Waals surface area contributed by atoms with E-state index in [9.17, 15) is 18.0 Å². The maximum absolute atomic E-state index is 13.1. The van der Waals surface area contributed by atoms with Gasteiger partial charge in [0.15, 0.2) is 11.5 Å². The fourth-order valence-electron chi connectivity index (χ4n) is 3.52. The molecule has 0 unspecified atom stereocenters. The number of aliphatic hydroxyl groups is 1. The largest absolute Gasteiger partial charge is 0.493 e. The second-order valence-corrected chi connectivity index (χ2v) is 10.1. The fraction of sp³-hybridized carbons (Fsp3) is 0.280. The van der Waals surface area contributed by atoms with Crippen molar-refractivity contribution in [3.8, 4) is 11.5 Å². The lowest BCUT2D eigenvalue weighted by atomic mass is 10.1. The molecule has 1 aromatic heterocycles. The second kappa shape index (κ2) is 11.9. The normalized spacial score (nSPS) is 12.0. The molecule has 3 aromatic rings. The Morgan fingerprint density at radius 3 is 2.43 bits per heavy atom. The Kier molecular flexibility index (Phi) is 8.92. The summed E-state index contributed by atoms with van der Waals surface area (Å²) >= 11 is 0. The van der Waals surface area contributed by atoms with Gasteiger partial charge in [0.25, 0.3) is 11.8 Å². The van der Waals surface area contributed by atoms with Crippen molar-refractivity contribution < 1.29 is 32.6 Å². The molecule has 37 heavy (non-hydrogen) atoms. The molecule has 0 atom stereocenters. The van der Waals surface area contributed by atoms with Crippen LogP contribution in [0.4, 0.5) is 0 Å². The number of carbonyl (C=O) groups excluding carboxylic acids is 2. The van der Waals surface area contributed by atoms with Gasteiger partial charge in [-0.25, -0.2) is 3.97 Å². The number of para-hydroxylation sites is 1. The number of fused-ring (bicyclic) bond motifs is 1. The van der Waals surface area contributed by atoms with Gasteiger partial charge in [-0.3, -0.25) is 9.59 Å². The number of methoxy groups -OCH3 is 2. The number of nitrogens with one attached hydrogen (secondary N) is 2. The first kappa shape index (κ1) is 27.7. The fourth-order valence-corrected chi connectivity index (χ4v) is 4.53. The van der Waals surface area contributed by atoms with Crippen LogP contribution >= 0.6 is 0 Å². The third kappa shape index (κ3) is 6.10. The van der Waals surface area contributed by atoms with Crippen LogP contribution in [0, 0.1) is 0 Å². The van der Waals surface area contributed by atoms with Gasteiger partial charge < -0.3 is 25.2 Å². The Hall–Kier alpha value is -3.87. The van der Waals surface area contributed by atoms with Crippen LogP contribution in [0.1, 0.15) is 22.3 Å². The lowest BCUT2D eigenvalue weighted by Gasteiger charge is -2.13. The van der Waals surface area contributed by atoms with E-state index in [4.69, 9.17) is 14.6 Å². The van der Waals surface area contributed by atoms with E-state index in [1.54, 1.807) is 30.3 Å². The Balaban J connectivity index is 2.08. The zero-order chi connectivity index (χ0) is 27.2. The maximum atomic E-state index is 13.1. The molecule has 198 valence electrons. The number of carbonyl (C=O) groups is 2. The molecule has 3 rings (SSSR count). The molecule has 1 heterocycles. The highest BCUT2D eigenvalue weighted by Crippen LogP contribution is 2.28. The molecule has 2 aromatic carbocycles. The Morgan fingerprint density at radius 2 is 1.78 bits per heavy atom. The Morgan fingerprint density at radius 1 is 1.08 bits per heavy atom. The zero-order valence-corrected chi connectivity index (χ0v) is 21.8. The van der Waals surface area contributed by atoms with Crippen molar-refractivity contribution in [3.63, 3.8) is 0 Å². The molecule has 0 radical (unpaired) electrons. The van der Waals surface area contributed by atoms with Crippen molar-refractivity contribution in [2.45, 2.75) is 6.42 Å². The highest BCUT2D eigenvalue weighted by atomic mass is 32.2. The monoisotopic (exact) mass is 530 g/mol. The minimum Gasteiger partial charge on any atom is -0.493 e. The van der Waals surface area contributed by atoms with E-state index in [1.807, 2.05) is 0 Å². The zero-order valence-electron chi connectivity index (χ0n) is 21.0. The summed E-state index contributed by atoms with van der Waals surface area (Å²) in [5, 5.41) is 14.9. The maximum Gasteiger partial charge on any atom is 0.307 e. The topological polar surface area (TPSA) is 139 Å². The quantitative estimate of drug-likeness (QED) is 0.253. The molecule has 0 spiro atoms. The van der Waals surface area contributed by atoms with Crippen LogP contribution in [0.5, 0.6) is 11.5 Å². The van der Waals surface area contributed by atoms with Gasteiger partial charge in [-0.05, 0) is 36.8 Å². The minimum atomic E-state index is -3.86. The van der Waals surface area contributed by atoms with Gasteiger partial charge in [0.1, 0.15) is 5.70 Å². The summed E-state index contributed by atoms with van der Waals surface area (Å²) in [5.74, 6) is -0.416.